The lowest BCUT2D eigenvalue weighted by Gasteiger charge is -2.57. The highest BCUT2D eigenvalue weighted by atomic mass is 16.5. The van der Waals surface area contributed by atoms with Gasteiger partial charge in [-0.25, -0.2) is 0 Å². The highest BCUT2D eigenvalue weighted by Gasteiger charge is 2.51. The highest BCUT2D eigenvalue weighted by molar-refractivity contribution is 5.83. The normalized spacial score (nSPS) is 42.3. The Kier molecular flexibility index (Phi) is 3.73. The molecule has 0 aromatic carbocycles. The molecular weight excluding hydrogens is 276 g/mol. The van der Waals surface area contributed by atoms with Crippen LogP contribution in [0.25, 0.3) is 0 Å². The fourth-order valence-corrected chi connectivity index (χ4v) is 6.25. The lowest BCUT2D eigenvalue weighted by atomic mass is 9.49. The largest absolute Gasteiger partial charge is 0.381 e. The Balaban J connectivity index is 1.41. The molecule has 0 spiro atoms. The molecular formula is C18H30N2O2. The van der Waals surface area contributed by atoms with Gasteiger partial charge < -0.3 is 15.8 Å². The molecule has 22 heavy (non-hydrogen) atoms. The van der Waals surface area contributed by atoms with E-state index in [2.05, 4.69) is 5.32 Å². The number of nitrogens with one attached hydrogen (secondary N) is 1. The fourth-order valence-electron chi connectivity index (χ4n) is 6.25. The summed E-state index contributed by atoms with van der Waals surface area (Å²) in [4.78, 5) is 12.8. The van der Waals surface area contributed by atoms with Crippen molar-refractivity contribution < 1.29 is 9.53 Å². The molecule has 0 aromatic rings. The molecule has 0 radical (unpaired) electrons. The molecule has 4 aliphatic carbocycles. The lowest BCUT2D eigenvalue weighted by molar-refractivity contribution is -0.137. The van der Waals surface area contributed by atoms with Gasteiger partial charge in [0.15, 0.2) is 0 Å². The number of hydrogen-bond acceptors (Lipinski definition) is 3. The minimum atomic E-state index is -0.374. The van der Waals surface area contributed by atoms with Crippen molar-refractivity contribution in [2.45, 2.75) is 51.4 Å². The predicted octanol–water partition coefficient (Wildman–Crippen LogP) is 2.07. The number of carbonyl (C=O) groups excluding carboxylic acids is 1. The fraction of sp³-hybridized carbons (Fsp3) is 0.944. The molecule has 0 unspecified atom stereocenters. The van der Waals surface area contributed by atoms with Crippen LogP contribution in [0.15, 0.2) is 0 Å². The summed E-state index contributed by atoms with van der Waals surface area (Å²) in [5, 5.41) is 3.33. The second kappa shape index (κ2) is 5.48. The third-order valence-corrected chi connectivity index (χ3v) is 7.11. The first-order valence-electron chi connectivity index (χ1n) is 9.19. The number of carbonyl (C=O) groups is 1. The Bertz CT molecular complexity index is 407. The average molecular weight is 306 g/mol. The molecule has 5 fully saturated rings. The van der Waals surface area contributed by atoms with Crippen LogP contribution >= 0.6 is 0 Å². The van der Waals surface area contributed by atoms with E-state index in [-0.39, 0.29) is 11.3 Å². The van der Waals surface area contributed by atoms with Gasteiger partial charge in [0.05, 0.1) is 5.41 Å². The van der Waals surface area contributed by atoms with Gasteiger partial charge in [0, 0.05) is 26.3 Å². The Morgan fingerprint density at radius 3 is 2.09 bits per heavy atom. The van der Waals surface area contributed by atoms with Crippen molar-refractivity contribution in [2.24, 2.45) is 34.3 Å². The number of hydrogen-bond donors (Lipinski definition) is 2. The molecule has 1 aliphatic heterocycles. The Morgan fingerprint density at radius 1 is 1.05 bits per heavy atom. The highest BCUT2D eigenvalue weighted by Crippen LogP contribution is 2.59. The molecule has 1 saturated heterocycles. The second-order valence-corrected chi connectivity index (χ2v) is 8.70. The Hall–Kier alpha value is -0.610. The number of amides is 1. The molecule has 4 saturated carbocycles. The van der Waals surface area contributed by atoms with Gasteiger partial charge >= 0.3 is 0 Å². The van der Waals surface area contributed by atoms with Crippen molar-refractivity contribution in [3.63, 3.8) is 0 Å². The van der Waals surface area contributed by atoms with E-state index >= 15 is 0 Å². The van der Waals surface area contributed by atoms with Crippen molar-refractivity contribution >= 4 is 5.91 Å². The van der Waals surface area contributed by atoms with E-state index in [4.69, 9.17) is 10.5 Å². The first kappa shape index (κ1) is 14.9. The lowest BCUT2D eigenvalue weighted by Crippen LogP contribution is -2.55. The van der Waals surface area contributed by atoms with Crippen molar-refractivity contribution in [2.75, 3.05) is 26.3 Å². The van der Waals surface area contributed by atoms with Gasteiger partial charge in [-0.15, -0.1) is 0 Å². The third-order valence-electron chi connectivity index (χ3n) is 7.11. The second-order valence-electron chi connectivity index (χ2n) is 8.70. The van der Waals surface area contributed by atoms with E-state index in [1.54, 1.807) is 0 Å². The van der Waals surface area contributed by atoms with E-state index in [1.807, 2.05) is 0 Å². The molecule has 0 aromatic heterocycles. The summed E-state index contributed by atoms with van der Waals surface area (Å²) >= 11 is 0. The molecule has 5 rings (SSSR count). The monoisotopic (exact) mass is 306 g/mol. The SMILES string of the molecule is NCC1(C(=O)NCC23CC4CC(CC(C4)C2)C3)CCOCC1. The van der Waals surface area contributed by atoms with Crippen molar-refractivity contribution in [3.8, 4) is 0 Å². The molecule has 1 heterocycles. The first-order valence-corrected chi connectivity index (χ1v) is 9.19. The third kappa shape index (κ3) is 2.48. The van der Waals surface area contributed by atoms with Crippen LogP contribution in [0.5, 0.6) is 0 Å². The van der Waals surface area contributed by atoms with Crippen LogP contribution in [0.2, 0.25) is 0 Å². The van der Waals surface area contributed by atoms with Gasteiger partial charge in [0.25, 0.3) is 0 Å². The minimum absolute atomic E-state index is 0.189. The van der Waals surface area contributed by atoms with Crippen LogP contribution < -0.4 is 11.1 Å². The topological polar surface area (TPSA) is 64.4 Å². The average Bonchev–Trinajstić information content (AvgIpc) is 2.52. The van der Waals surface area contributed by atoms with Gasteiger partial charge in [-0.2, -0.15) is 0 Å². The van der Waals surface area contributed by atoms with Gasteiger partial charge in [0.2, 0.25) is 5.91 Å². The number of rotatable bonds is 4. The summed E-state index contributed by atoms with van der Waals surface area (Å²) in [6.45, 7) is 2.67. The van der Waals surface area contributed by atoms with Crippen LogP contribution in [0.4, 0.5) is 0 Å². The Labute approximate surface area is 133 Å². The predicted molar refractivity (Wildman–Crippen MR) is 85.2 cm³/mol. The van der Waals surface area contributed by atoms with E-state index in [1.165, 1.54) is 38.5 Å². The smallest absolute Gasteiger partial charge is 0.227 e. The quantitative estimate of drug-likeness (QED) is 0.836. The van der Waals surface area contributed by atoms with Crippen LogP contribution in [0, 0.1) is 28.6 Å². The molecule has 4 heteroatoms. The maximum absolute atomic E-state index is 12.8. The zero-order chi connectivity index (χ0) is 15.2. The number of nitrogens with two attached hydrogens (primary N) is 1. The van der Waals surface area contributed by atoms with E-state index in [9.17, 15) is 4.79 Å². The van der Waals surface area contributed by atoms with E-state index < -0.39 is 0 Å². The Morgan fingerprint density at radius 2 is 1.59 bits per heavy atom. The van der Waals surface area contributed by atoms with Crippen LogP contribution in [-0.4, -0.2) is 32.2 Å². The van der Waals surface area contributed by atoms with Crippen LogP contribution in [-0.2, 0) is 9.53 Å². The maximum Gasteiger partial charge on any atom is 0.227 e. The van der Waals surface area contributed by atoms with Crippen molar-refractivity contribution in [1.82, 2.24) is 5.32 Å². The molecule has 4 nitrogen and oxygen atoms in total. The standard InChI is InChI=1S/C18H30N2O2/c19-11-18(1-3-22-4-2-18)16(21)20-12-17-8-13-5-14(9-17)7-15(6-13)10-17/h13-15H,1-12,19H2,(H,20,21). The summed E-state index contributed by atoms with van der Waals surface area (Å²) in [6, 6.07) is 0. The minimum Gasteiger partial charge on any atom is -0.381 e. The summed E-state index contributed by atoms with van der Waals surface area (Å²) in [7, 11) is 0. The molecule has 1 amide bonds. The summed E-state index contributed by atoms with van der Waals surface area (Å²) < 4.78 is 5.42. The van der Waals surface area contributed by atoms with Gasteiger partial charge in [-0.3, -0.25) is 4.79 Å². The van der Waals surface area contributed by atoms with E-state index in [0.717, 1.165) is 37.1 Å². The molecule has 4 bridgehead atoms. The van der Waals surface area contributed by atoms with Crippen LogP contribution in [0.3, 0.4) is 0 Å². The molecule has 5 aliphatic rings. The zero-order valence-electron chi connectivity index (χ0n) is 13.6. The van der Waals surface area contributed by atoms with E-state index in [0.29, 0.717) is 25.2 Å². The molecule has 3 N–H and O–H groups in total. The number of ether oxygens (including phenoxy) is 1. The van der Waals surface area contributed by atoms with Gasteiger partial charge in [-0.05, 0) is 74.5 Å². The van der Waals surface area contributed by atoms with Gasteiger partial charge in [-0.1, -0.05) is 0 Å². The van der Waals surface area contributed by atoms with Crippen LogP contribution in [0.1, 0.15) is 51.4 Å². The van der Waals surface area contributed by atoms with Crippen molar-refractivity contribution in [3.05, 3.63) is 0 Å². The first-order chi connectivity index (χ1) is 10.6. The zero-order valence-corrected chi connectivity index (χ0v) is 13.6. The summed E-state index contributed by atoms with van der Waals surface area (Å²) in [5.74, 6) is 3.01. The molecule has 124 valence electrons. The summed E-state index contributed by atoms with van der Waals surface area (Å²) in [6.07, 6.45) is 9.95. The molecule has 0 atom stereocenters. The van der Waals surface area contributed by atoms with Crippen molar-refractivity contribution in [1.29, 1.82) is 0 Å². The van der Waals surface area contributed by atoms with Gasteiger partial charge in [0.1, 0.15) is 0 Å². The summed E-state index contributed by atoms with van der Waals surface area (Å²) in [5.41, 5.74) is 5.99. The maximum atomic E-state index is 12.8.